The summed E-state index contributed by atoms with van der Waals surface area (Å²) in [6, 6.07) is 5.48. The first-order valence-electron chi connectivity index (χ1n) is 4.81. The van der Waals surface area contributed by atoms with Crippen LogP contribution in [0, 0.1) is 0 Å². The summed E-state index contributed by atoms with van der Waals surface area (Å²) < 4.78 is 15.0. The van der Waals surface area contributed by atoms with E-state index in [1.54, 1.807) is 6.07 Å². The molecule has 0 radical (unpaired) electrons. The lowest BCUT2D eigenvalue weighted by atomic mass is 10.1. The number of benzene rings is 1. The van der Waals surface area contributed by atoms with Crippen LogP contribution in [0.4, 0.5) is 0 Å². The summed E-state index contributed by atoms with van der Waals surface area (Å²) >= 11 is 5.87. The van der Waals surface area contributed by atoms with Gasteiger partial charge in [0.15, 0.2) is 11.5 Å². The SMILES string of the molecule is COC(=O)C(Cl)Cc1ccc2c(c1)OCO2. The molecule has 1 heterocycles. The highest BCUT2D eigenvalue weighted by Crippen LogP contribution is 2.33. The van der Waals surface area contributed by atoms with Gasteiger partial charge in [0, 0.05) is 0 Å². The normalized spacial score (nSPS) is 14.6. The summed E-state index contributed by atoms with van der Waals surface area (Å²) in [6.07, 6.45) is 0.408. The van der Waals surface area contributed by atoms with Gasteiger partial charge in [-0.05, 0) is 24.1 Å². The molecule has 2 rings (SSSR count). The molecular weight excluding hydrogens is 232 g/mol. The molecule has 86 valence electrons. The minimum Gasteiger partial charge on any atom is -0.468 e. The van der Waals surface area contributed by atoms with Crippen molar-refractivity contribution in [3.8, 4) is 11.5 Å². The maximum atomic E-state index is 11.1. The van der Waals surface area contributed by atoms with Gasteiger partial charge in [0.05, 0.1) is 7.11 Å². The molecule has 1 aliphatic rings. The number of ether oxygens (including phenoxy) is 3. The number of rotatable bonds is 3. The zero-order chi connectivity index (χ0) is 11.5. The molecule has 0 saturated heterocycles. The Bertz CT molecular complexity index is 405. The van der Waals surface area contributed by atoms with Crippen LogP contribution in [-0.2, 0) is 16.0 Å². The van der Waals surface area contributed by atoms with E-state index >= 15 is 0 Å². The molecule has 0 amide bonds. The first kappa shape index (κ1) is 11.1. The van der Waals surface area contributed by atoms with E-state index in [1.807, 2.05) is 12.1 Å². The van der Waals surface area contributed by atoms with Crippen LogP contribution in [0.5, 0.6) is 11.5 Å². The van der Waals surface area contributed by atoms with Gasteiger partial charge < -0.3 is 14.2 Å². The molecule has 1 atom stereocenters. The fraction of sp³-hybridized carbons (Fsp3) is 0.364. The van der Waals surface area contributed by atoms with Crippen molar-refractivity contribution in [1.29, 1.82) is 0 Å². The predicted molar refractivity (Wildman–Crippen MR) is 57.9 cm³/mol. The fourth-order valence-electron chi connectivity index (χ4n) is 1.49. The zero-order valence-corrected chi connectivity index (χ0v) is 9.49. The van der Waals surface area contributed by atoms with Crippen LogP contribution in [0.15, 0.2) is 18.2 Å². The van der Waals surface area contributed by atoms with Crippen molar-refractivity contribution in [1.82, 2.24) is 0 Å². The second-order valence-corrected chi connectivity index (χ2v) is 3.91. The third kappa shape index (κ3) is 2.22. The van der Waals surface area contributed by atoms with Crippen molar-refractivity contribution in [3.63, 3.8) is 0 Å². The number of esters is 1. The molecule has 5 heteroatoms. The highest BCUT2D eigenvalue weighted by Gasteiger charge is 2.19. The van der Waals surface area contributed by atoms with Gasteiger partial charge in [0.1, 0.15) is 5.38 Å². The Morgan fingerprint density at radius 2 is 2.25 bits per heavy atom. The number of alkyl halides is 1. The van der Waals surface area contributed by atoms with E-state index in [1.165, 1.54) is 7.11 Å². The molecule has 0 aromatic heterocycles. The maximum absolute atomic E-state index is 11.1. The Hall–Kier alpha value is -1.42. The van der Waals surface area contributed by atoms with Crippen molar-refractivity contribution in [2.24, 2.45) is 0 Å². The van der Waals surface area contributed by atoms with Gasteiger partial charge in [-0.3, -0.25) is 4.79 Å². The van der Waals surface area contributed by atoms with E-state index in [-0.39, 0.29) is 6.79 Å². The van der Waals surface area contributed by atoms with Gasteiger partial charge in [-0.25, -0.2) is 0 Å². The largest absolute Gasteiger partial charge is 0.468 e. The average molecular weight is 243 g/mol. The van der Waals surface area contributed by atoms with Crippen LogP contribution < -0.4 is 9.47 Å². The summed E-state index contributed by atoms with van der Waals surface area (Å²) in [5.74, 6) is 0.971. The van der Waals surface area contributed by atoms with Gasteiger partial charge in [-0.1, -0.05) is 6.07 Å². The van der Waals surface area contributed by atoms with Crippen LogP contribution in [0.1, 0.15) is 5.56 Å². The van der Waals surface area contributed by atoms with Crippen molar-refractivity contribution >= 4 is 17.6 Å². The van der Waals surface area contributed by atoms with Gasteiger partial charge in [0.2, 0.25) is 6.79 Å². The van der Waals surface area contributed by atoms with Crippen LogP contribution in [0.25, 0.3) is 0 Å². The fourth-order valence-corrected chi connectivity index (χ4v) is 1.75. The topological polar surface area (TPSA) is 44.8 Å². The third-order valence-corrected chi connectivity index (χ3v) is 2.64. The first-order valence-corrected chi connectivity index (χ1v) is 5.25. The first-order chi connectivity index (χ1) is 7.70. The van der Waals surface area contributed by atoms with Crippen molar-refractivity contribution in [3.05, 3.63) is 23.8 Å². The summed E-state index contributed by atoms with van der Waals surface area (Å²) in [7, 11) is 1.32. The summed E-state index contributed by atoms with van der Waals surface area (Å²) in [4.78, 5) is 11.1. The standard InChI is InChI=1S/C11H11ClO4/c1-14-11(13)8(12)4-7-2-3-9-10(5-7)16-6-15-9/h2-3,5,8H,4,6H2,1H3. The summed E-state index contributed by atoms with van der Waals surface area (Å²) in [6.45, 7) is 0.236. The van der Waals surface area contributed by atoms with E-state index in [0.29, 0.717) is 17.9 Å². The lowest BCUT2D eigenvalue weighted by Gasteiger charge is -2.07. The van der Waals surface area contributed by atoms with E-state index < -0.39 is 11.3 Å². The molecule has 0 bridgehead atoms. The Balaban J connectivity index is 2.08. The molecule has 1 aromatic rings. The minimum absolute atomic E-state index is 0.236. The van der Waals surface area contributed by atoms with Gasteiger partial charge in [0.25, 0.3) is 0 Å². The molecule has 16 heavy (non-hydrogen) atoms. The number of carbonyl (C=O) groups is 1. The summed E-state index contributed by atoms with van der Waals surface area (Å²) in [5.41, 5.74) is 0.912. The molecule has 0 fully saturated rings. The number of methoxy groups -OCH3 is 1. The van der Waals surface area contributed by atoms with Gasteiger partial charge in [-0.15, -0.1) is 11.6 Å². The molecule has 4 nitrogen and oxygen atoms in total. The third-order valence-electron chi connectivity index (χ3n) is 2.31. The van der Waals surface area contributed by atoms with Crippen molar-refractivity contribution in [2.45, 2.75) is 11.8 Å². The minimum atomic E-state index is -0.676. The van der Waals surface area contributed by atoms with Crippen LogP contribution >= 0.6 is 11.6 Å². The van der Waals surface area contributed by atoms with E-state index in [9.17, 15) is 4.79 Å². The highest BCUT2D eigenvalue weighted by atomic mass is 35.5. The van der Waals surface area contributed by atoms with Gasteiger partial charge in [-0.2, -0.15) is 0 Å². The van der Waals surface area contributed by atoms with Crippen molar-refractivity contribution in [2.75, 3.05) is 13.9 Å². The molecule has 1 aliphatic heterocycles. The van der Waals surface area contributed by atoms with E-state index in [0.717, 1.165) is 5.56 Å². The highest BCUT2D eigenvalue weighted by molar-refractivity contribution is 6.30. The molecule has 0 saturated carbocycles. The Labute approximate surface area is 98.1 Å². The van der Waals surface area contributed by atoms with Crippen LogP contribution in [-0.4, -0.2) is 25.2 Å². The second kappa shape index (κ2) is 4.61. The average Bonchev–Trinajstić information content (AvgIpc) is 2.75. The number of fused-ring (bicyclic) bond motifs is 1. The van der Waals surface area contributed by atoms with Crippen LogP contribution in [0.3, 0.4) is 0 Å². The number of carbonyl (C=O) groups excluding carboxylic acids is 1. The van der Waals surface area contributed by atoms with Crippen LogP contribution in [0.2, 0.25) is 0 Å². The molecule has 1 aromatic carbocycles. The predicted octanol–water partition coefficient (Wildman–Crippen LogP) is 1.74. The monoisotopic (exact) mass is 242 g/mol. The summed E-state index contributed by atoms with van der Waals surface area (Å²) in [5, 5.41) is -0.676. The molecular formula is C11H11ClO4. The number of hydrogen-bond donors (Lipinski definition) is 0. The zero-order valence-electron chi connectivity index (χ0n) is 8.73. The Morgan fingerprint density at radius 1 is 1.50 bits per heavy atom. The maximum Gasteiger partial charge on any atom is 0.324 e. The van der Waals surface area contributed by atoms with Crippen molar-refractivity contribution < 1.29 is 19.0 Å². The molecule has 0 spiro atoms. The van der Waals surface area contributed by atoms with Gasteiger partial charge >= 0.3 is 5.97 Å². The molecule has 0 aliphatic carbocycles. The second-order valence-electron chi connectivity index (χ2n) is 3.38. The van der Waals surface area contributed by atoms with E-state index in [2.05, 4.69) is 4.74 Å². The Morgan fingerprint density at radius 3 is 3.00 bits per heavy atom. The Kier molecular flexibility index (Phi) is 3.19. The molecule has 0 N–H and O–H groups in total. The quantitative estimate of drug-likeness (QED) is 0.598. The smallest absolute Gasteiger partial charge is 0.324 e. The lowest BCUT2D eigenvalue weighted by Crippen LogP contribution is -2.18. The lowest BCUT2D eigenvalue weighted by molar-refractivity contribution is -0.140. The number of hydrogen-bond acceptors (Lipinski definition) is 4. The molecule has 1 unspecified atom stereocenters. The van der Waals surface area contributed by atoms with E-state index in [4.69, 9.17) is 21.1 Å². The number of halogens is 1.